The molecule has 1 N–H and O–H groups in total. The summed E-state index contributed by atoms with van der Waals surface area (Å²) in [6.07, 6.45) is 1.21. The number of benzene rings is 3. The summed E-state index contributed by atoms with van der Waals surface area (Å²) in [5.74, 6) is 0.0227. The highest BCUT2D eigenvalue weighted by atomic mass is 19.1. The lowest BCUT2D eigenvalue weighted by atomic mass is 9.91. The van der Waals surface area contributed by atoms with E-state index in [9.17, 15) is 8.78 Å². The number of nitrogens with zero attached hydrogens (tertiary/aromatic N) is 2. The minimum absolute atomic E-state index is 0.155. The van der Waals surface area contributed by atoms with Crippen molar-refractivity contribution in [2.75, 3.05) is 7.11 Å². The maximum atomic E-state index is 14.6. The topological polar surface area (TPSA) is 48.3 Å². The van der Waals surface area contributed by atoms with Gasteiger partial charge in [-0.05, 0) is 67.1 Å². The molecule has 3 aromatic carbocycles. The SMILES string of the molecule is C=C(N[C@@H](C)[C@H](Oc1ccc2c(cnn2-c2ccc(F)cc2)c1)c1ccc(OC)c(F)c1)C(C)(C)C. The number of nitrogens with one attached hydrogen (secondary N) is 1. The van der Waals surface area contributed by atoms with Crippen molar-refractivity contribution in [3.05, 3.63) is 96.3 Å². The maximum Gasteiger partial charge on any atom is 0.165 e. The van der Waals surface area contributed by atoms with E-state index in [1.165, 1.54) is 25.3 Å². The molecule has 1 heterocycles. The summed E-state index contributed by atoms with van der Waals surface area (Å²) < 4.78 is 41.2. The van der Waals surface area contributed by atoms with Crippen LogP contribution in [-0.2, 0) is 0 Å². The van der Waals surface area contributed by atoms with E-state index in [1.54, 1.807) is 35.1 Å². The molecule has 7 heteroatoms. The monoisotopic (exact) mass is 491 g/mol. The Morgan fingerprint density at radius 3 is 2.39 bits per heavy atom. The van der Waals surface area contributed by atoms with Gasteiger partial charge in [-0.25, -0.2) is 13.5 Å². The van der Waals surface area contributed by atoms with Crippen molar-refractivity contribution in [1.82, 2.24) is 15.1 Å². The molecule has 0 spiro atoms. The fraction of sp³-hybridized carbons (Fsp3) is 0.276. The molecule has 1 aromatic heterocycles. The van der Waals surface area contributed by atoms with Gasteiger partial charge in [0.2, 0.25) is 0 Å². The Balaban J connectivity index is 1.66. The molecule has 2 atom stereocenters. The molecule has 0 saturated carbocycles. The van der Waals surface area contributed by atoms with Crippen LogP contribution in [0.3, 0.4) is 0 Å². The van der Waals surface area contributed by atoms with Crippen LogP contribution in [0.4, 0.5) is 8.78 Å². The Kier molecular flexibility index (Phi) is 7.02. The first-order valence-electron chi connectivity index (χ1n) is 11.8. The number of allylic oxidation sites excluding steroid dienone is 1. The lowest BCUT2D eigenvalue weighted by Gasteiger charge is -2.32. The molecule has 0 aliphatic rings. The molecule has 4 aromatic rings. The minimum atomic E-state index is -0.519. The van der Waals surface area contributed by atoms with Gasteiger partial charge >= 0.3 is 0 Å². The van der Waals surface area contributed by atoms with Crippen molar-refractivity contribution in [1.29, 1.82) is 0 Å². The van der Waals surface area contributed by atoms with Gasteiger partial charge in [0.05, 0.1) is 30.6 Å². The largest absolute Gasteiger partial charge is 0.494 e. The number of methoxy groups -OCH3 is 1. The van der Waals surface area contributed by atoms with Crippen molar-refractivity contribution >= 4 is 10.9 Å². The minimum Gasteiger partial charge on any atom is -0.494 e. The van der Waals surface area contributed by atoms with Crippen LogP contribution in [0.2, 0.25) is 0 Å². The van der Waals surface area contributed by atoms with Crippen LogP contribution in [0.25, 0.3) is 16.6 Å². The lowest BCUT2D eigenvalue weighted by Crippen LogP contribution is -2.37. The van der Waals surface area contributed by atoms with Crippen molar-refractivity contribution in [2.24, 2.45) is 5.41 Å². The smallest absolute Gasteiger partial charge is 0.165 e. The van der Waals surface area contributed by atoms with E-state index in [-0.39, 0.29) is 23.0 Å². The third-order valence-electron chi connectivity index (χ3n) is 6.14. The second kappa shape index (κ2) is 10.0. The van der Waals surface area contributed by atoms with Crippen LogP contribution in [0.5, 0.6) is 11.5 Å². The molecular weight excluding hydrogens is 460 g/mol. The quantitative estimate of drug-likeness (QED) is 0.289. The second-order valence-corrected chi connectivity index (χ2v) is 9.85. The molecule has 0 aliphatic heterocycles. The molecule has 0 amide bonds. The van der Waals surface area contributed by atoms with Gasteiger partial charge in [-0.15, -0.1) is 0 Å². The number of rotatable bonds is 8. The average molecular weight is 492 g/mol. The summed E-state index contributed by atoms with van der Waals surface area (Å²) >= 11 is 0. The number of hydrogen-bond acceptors (Lipinski definition) is 4. The molecule has 0 aliphatic carbocycles. The molecule has 0 saturated heterocycles. The highest BCUT2D eigenvalue weighted by Gasteiger charge is 2.26. The van der Waals surface area contributed by atoms with E-state index in [4.69, 9.17) is 9.47 Å². The van der Waals surface area contributed by atoms with Gasteiger partial charge in [-0.2, -0.15) is 5.10 Å². The molecule has 0 bridgehead atoms. The molecule has 0 unspecified atom stereocenters. The predicted molar refractivity (Wildman–Crippen MR) is 139 cm³/mol. The van der Waals surface area contributed by atoms with E-state index in [0.717, 1.165) is 22.3 Å². The number of aromatic nitrogens is 2. The van der Waals surface area contributed by atoms with Crippen LogP contribution < -0.4 is 14.8 Å². The molecular formula is C29H31F2N3O2. The van der Waals surface area contributed by atoms with Crippen LogP contribution in [-0.4, -0.2) is 22.9 Å². The van der Waals surface area contributed by atoms with Gasteiger partial charge in [0.25, 0.3) is 0 Å². The zero-order valence-corrected chi connectivity index (χ0v) is 21.2. The van der Waals surface area contributed by atoms with Crippen molar-refractivity contribution in [2.45, 2.75) is 39.8 Å². The number of fused-ring (bicyclic) bond motifs is 1. The van der Waals surface area contributed by atoms with Crippen LogP contribution in [0, 0.1) is 17.0 Å². The van der Waals surface area contributed by atoms with Gasteiger partial charge in [0, 0.05) is 16.5 Å². The van der Waals surface area contributed by atoms with Crippen LogP contribution in [0.1, 0.15) is 39.4 Å². The summed E-state index contributed by atoms with van der Waals surface area (Å²) in [4.78, 5) is 0. The molecule has 0 radical (unpaired) electrons. The first-order valence-corrected chi connectivity index (χ1v) is 11.8. The predicted octanol–water partition coefficient (Wildman–Crippen LogP) is 6.97. The zero-order valence-electron chi connectivity index (χ0n) is 21.2. The van der Waals surface area contributed by atoms with Gasteiger partial charge < -0.3 is 14.8 Å². The summed E-state index contributed by atoms with van der Waals surface area (Å²) in [6.45, 7) is 12.4. The van der Waals surface area contributed by atoms with Gasteiger partial charge in [0.1, 0.15) is 17.7 Å². The highest BCUT2D eigenvalue weighted by Crippen LogP contribution is 2.32. The summed E-state index contributed by atoms with van der Waals surface area (Å²) in [6, 6.07) is 16.4. The number of hydrogen-bond donors (Lipinski definition) is 1. The molecule has 4 rings (SSSR count). The van der Waals surface area contributed by atoms with E-state index >= 15 is 0 Å². The molecule has 0 fully saturated rings. The van der Waals surface area contributed by atoms with Gasteiger partial charge in [0.15, 0.2) is 11.6 Å². The lowest BCUT2D eigenvalue weighted by molar-refractivity contribution is 0.163. The standard InChI is InChI=1S/C29H31F2N3O2/c1-18(33-19(2)29(3,4)5)28(20-7-14-27(35-6)25(31)16-20)36-24-12-13-26-21(15-24)17-32-34(26)23-10-8-22(30)9-11-23/h7-18,28,33H,2H2,1,3-6H3/t18-,28-/m0/s1. The molecule has 188 valence electrons. The fourth-order valence-electron chi connectivity index (χ4n) is 3.90. The molecule has 36 heavy (non-hydrogen) atoms. The summed E-state index contributed by atoms with van der Waals surface area (Å²) in [5.41, 5.74) is 2.97. The normalized spacial score (nSPS) is 13.3. The average Bonchev–Trinajstić information content (AvgIpc) is 3.25. The Bertz CT molecular complexity index is 1370. The molecule has 5 nitrogen and oxygen atoms in total. The third kappa shape index (κ3) is 5.35. The van der Waals surface area contributed by atoms with E-state index in [0.29, 0.717) is 11.3 Å². The number of halogens is 2. The van der Waals surface area contributed by atoms with Crippen molar-refractivity contribution in [3.8, 4) is 17.2 Å². The fourth-order valence-corrected chi connectivity index (χ4v) is 3.90. The van der Waals surface area contributed by atoms with Crippen LogP contribution in [0.15, 0.2) is 79.1 Å². The first-order chi connectivity index (χ1) is 17.1. The highest BCUT2D eigenvalue weighted by molar-refractivity contribution is 5.81. The van der Waals surface area contributed by atoms with E-state index < -0.39 is 11.9 Å². The second-order valence-electron chi connectivity index (χ2n) is 9.85. The van der Waals surface area contributed by atoms with Crippen molar-refractivity contribution in [3.63, 3.8) is 0 Å². The van der Waals surface area contributed by atoms with Crippen molar-refractivity contribution < 1.29 is 18.3 Å². The summed E-state index contributed by atoms with van der Waals surface area (Å²) in [5, 5.41) is 8.75. The van der Waals surface area contributed by atoms with E-state index in [2.05, 4.69) is 37.8 Å². The Hall–Kier alpha value is -3.87. The Morgan fingerprint density at radius 1 is 1.03 bits per heavy atom. The van der Waals surface area contributed by atoms with Gasteiger partial charge in [-0.1, -0.05) is 33.4 Å². The zero-order chi connectivity index (χ0) is 26.0. The summed E-state index contributed by atoms with van der Waals surface area (Å²) in [7, 11) is 1.44. The third-order valence-corrected chi connectivity index (χ3v) is 6.14. The Labute approximate surface area is 210 Å². The number of ether oxygens (including phenoxy) is 2. The van der Waals surface area contributed by atoms with Gasteiger partial charge in [-0.3, -0.25) is 0 Å². The first kappa shape index (κ1) is 25.2. The van der Waals surface area contributed by atoms with Crippen LogP contribution >= 0.6 is 0 Å². The van der Waals surface area contributed by atoms with E-state index in [1.807, 2.05) is 25.1 Å². The maximum absolute atomic E-state index is 14.6. The Morgan fingerprint density at radius 2 is 1.75 bits per heavy atom.